The van der Waals surface area contributed by atoms with Crippen LogP contribution in [0.2, 0.25) is 0 Å². The molecule has 0 saturated carbocycles. The number of aliphatic hydroxyl groups excluding tert-OH is 1. The summed E-state index contributed by atoms with van der Waals surface area (Å²) >= 11 is 0. The van der Waals surface area contributed by atoms with E-state index in [2.05, 4.69) is 9.97 Å². The molecule has 0 aliphatic carbocycles. The molecule has 140 valence electrons. The van der Waals surface area contributed by atoms with Gasteiger partial charge >= 0.3 is 0 Å². The molecular formula is C19H26N4O3. The lowest BCUT2D eigenvalue weighted by molar-refractivity contribution is 0.193. The van der Waals surface area contributed by atoms with E-state index in [1.165, 1.54) is 0 Å². The fourth-order valence-electron chi connectivity index (χ4n) is 3.13. The zero-order valence-electron chi connectivity index (χ0n) is 15.1. The van der Waals surface area contributed by atoms with Gasteiger partial charge < -0.3 is 25.2 Å². The van der Waals surface area contributed by atoms with Crippen molar-refractivity contribution in [3.63, 3.8) is 0 Å². The van der Waals surface area contributed by atoms with Gasteiger partial charge in [0.05, 0.1) is 25.5 Å². The Kier molecular flexibility index (Phi) is 6.25. The second-order valence-corrected chi connectivity index (χ2v) is 6.30. The number of aromatic nitrogens is 2. The van der Waals surface area contributed by atoms with E-state index >= 15 is 0 Å². The highest BCUT2D eigenvalue weighted by molar-refractivity contribution is 5.45. The van der Waals surface area contributed by atoms with E-state index in [1.807, 2.05) is 42.2 Å². The predicted molar refractivity (Wildman–Crippen MR) is 100 cm³/mol. The first-order valence-corrected chi connectivity index (χ1v) is 8.99. The van der Waals surface area contributed by atoms with Crippen LogP contribution in [0.15, 0.2) is 30.3 Å². The Hall–Kier alpha value is -2.38. The summed E-state index contributed by atoms with van der Waals surface area (Å²) < 4.78 is 11.0. The van der Waals surface area contributed by atoms with Crippen LogP contribution in [-0.2, 0) is 11.3 Å². The van der Waals surface area contributed by atoms with Gasteiger partial charge in [0, 0.05) is 31.7 Å². The first-order valence-electron chi connectivity index (χ1n) is 8.99. The Bertz CT molecular complexity index is 720. The molecule has 1 aliphatic rings. The maximum Gasteiger partial charge on any atom is 0.222 e. The molecular weight excluding hydrogens is 332 g/mol. The normalized spacial score (nSPS) is 16.6. The van der Waals surface area contributed by atoms with Crippen molar-refractivity contribution in [1.29, 1.82) is 0 Å². The third-order valence-corrected chi connectivity index (χ3v) is 4.37. The Morgan fingerprint density at radius 3 is 2.96 bits per heavy atom. The molecule has 2 heterocycles. The minimum atomic E-state index is 0.0247. The van der Waals surface area contributed by atoms with Gasteiger partial charge in [0.1, 0.15) is 11.6 Å². The first kappa shape index (κ1) is 18.4. The number of nitrogens with zero attached hydrogens (tertiary/aromatic N) is 3. The fourth-order valence-corrected chi connectivity index (χ4v) is 3.13. The van der Waals surface area contributed by atoms with Crippen LogP contribution in [0.1, 0.15) is 30.5 Å². The average Bonchev–Trinajstić information content (AvgIpc) is 3.16. The Morgan fingerprint density at radius 2 is 2.23 bits per heavy atom. The van der Waals surface area contributed by atoms with Crippen LogP contribution < -0.4 is 15.4 Å². The number of rotatable bonds is 8. The number of hydrogen-bond donors (Lipinski definition) is 2. The van der Waals surface area contributed by atoms with Crippen molar-refractivity contribution in [3.8, 4) is 5.75 Å². The average molecular weight is 358 g/mol. The van der Waals surface area contributed by atoms with E-state index in [9.17, 15) is 5.11 Å². The molecule has 1 aromatic heterocycles. The van der Waals surface area contributed by atoms with Crippen molar-refractivity contribution in [2.75, 3.05) is 43.6 Å². The highest BCUT2D eigenvalue weighted by atomic mass is 16.5. The number of ether oxygens (including phenoxy) is 2. The maximum atomic E-state index is 9.50. The van der Waals surface area contributed by atoms with E-state index in [0.29, 0.717) is 26.3 Å². The lowest BCUT2D eigenvalue weighted by Gasteiger charge is -2.24. The number of anilines is 2. The molecule has 7 nitrogen and oxygen atoms in total. The lowest BCUT2D eigenvalue weighted by Crippen LogP contribution is -2.27. The monoisotopic (exact) mass is 358 g/mol. The molecule has 1 fully saturated rings. The molecule has 1 aromatic carbocycles. The number of aliphatic hydroxyl groups is 1. The van der Waals surface area contributed by atoms with Crippen LogP contribution in [0.25, 0.3) is 0 Å². The van der Waals surface area contributed by atoms with Crippen LogP contribution in [0, 0.1) is 0 Å². The van der Waals surface area contributed by atoms with Gasteiger partial charge in [-0.3, -0.25) is 0 Å². The van der Waals surface area contributed by atoms with Crippen LogP contribution >= 0.6 is 0 Å². The summed E-state index contributed by atoms with van der Waals surface area (Å²) in [6, 6.07) is 9.89. The number of nitrogens with two attached hydrogens (primary N) is 1. The van der Waals surface area contributed by atoms with Crippen molar-refractivity contribution in [1.82, 2.24) is 9.97 Å². The second kappa shape index (κ2) is 8.82. The van der Waals surface area contributed by atoms with E-state index < -0.39 is 0 Å². The molecule has 0 radical (unpaired) electrons. The second-order valence-electron chi connectivity index (χ2n) is 6.30. The lowest BCUT2D eigenvalue weighted by atomic mass is 10.0. The third kappa shape index (κ3) is 4.62. The fraction of sp³-hybridized carbons (Fsp3) is 0.474. The Labute approximate surface area is 153 Å². The largest absolute Gasteiger partial charge is 0.494 e. The molecule has 2 aromatic rings. The highest BCUT2D eigenvalue weighted by Gasteiger charge is 2.21. The van der Waals surface area contributed by atoms with Gasteiger partial charge in [0.15, 0.2) is 0 Å². The Balaban J connectivity index is 1.84. The summed E-state index contributed by atoms with van der Waals surface area (Å²) in [6.07, 6.45) is 0.937. The van der Waals surface area contributed by atoms with Crippen LogP contribution in [0.4, 0.5) is 11.8 Å². The molecule has 0 bridgehead atoms. The number of benzene rings is 1. The van der Waals surface area contributed by atoms with Crippen molar-refractivity contribution in [3.05, 3.63) is 41.6 Å². The third-order valence-electron chi connectivity index (χ3n) is 4.37. The van der Waals surface area contributed by atoms with Crippen molar-refractivity contribution < 1.29 is 14.6 Å². The number of hydrogen-bond acceptors (Lipinski definition) is 7. The van der Waals surface area contributed by atoms with Gasteiger partial charge in [-0.05, 0) is 31.0 Å². The molecule has 1 atom stereocenters. The van der Waals surface area contributed by atoms with Crippen molar-refractivity contribution >= 4 is 11.8 Å². The topological polar surface area (TPSA) is 93.7 Å². The molecule has 1 aliphatic heterocycles. The van der Waals surface area contributed by atoms with Gasteiger partial charge in [-0.25, -0.2) is 4.98 Å². The summed E-state index contributed by atoms with van der Waals surface area (Å²) in [5, 5.41) is 9.50. The minimum Gasteiger partial charge on any atom is -0.494 e. The highest BCUT2D eigenvalue weighted by Crippen LogP contribution is 2.27. The minimum absolute atomic E-state index is 0.0247. The first-order chi connectivity index (χ1) is 12.7. The van der Waals surface area contributed by atoms with E-state index in [1.54, 1.807) is 0 Å². The molecule has 7 heteroatoms. The molecule has 3 N–H and O–H groups in total. The molecule has 0 amide bonds. The predicted octanol–water partition coefficient (Wildman–Crippen LogP) is 1.96. The van der Waals surface area contributed by atoms with Crippen LogP contribution in [0.3, 0.4) is 0 Å². The molecule has 1 saturated heterocycles. The standard InChI is InChI=1S/C19H26N4O3/c1-2-26-16-5-3-4-14(10-16)12-23(7-8-24)18-11-17(21-19(20)22-18)15-6-9-25-13-15/h3-5,10-11,15,24H,2,6-9,12-13H2,1H3,(H2,20,21,22)/t15-/m1/s1. The van der Waals surface area contributed by atoms with Gasteiger partial charge in [-0.1, -0.05) is 12.1 Å². The van der Waals surface area contributed by atoms with Crippen molar-refractivity contribution in [2.45, 2.75) is 25.8 Å². The van der Waals surface area contributed by atoms with Gasteiger partial charge in [0.2, 0.25) is 5.95 Å². The summed E-state index contributed by atoms with van der Waals surface area (Å²) in [5.41, 5.74) is 7.92. The summed E-state index contributed by atoms with van der Waals surface area (Å²) in [7, 11) is 0. The maximum absolute atomic E-state index is 9.50. The molecule has 0 spiro atoms. The summed E-state index contributed by atoms with van der Waals surface area (Å²) in [4.78, 5) is 10.8. The zero-order chi connectivity index (χ0) is 18.4. The number of nitrogen functional groups attached to an aromatic ring is 1. The van der Waals surface area contributed by atoms with Gasteiger partial charge in [0.25, 0.3) is 0 Å². The SMILES string of the molecule is CCOc1cccc(CN(CCO)c2cc([C@@H]3CCOC3)nc(N)n2)c1. The van der Waals surface area contributed by atoms with E-state index in [4.69, 9.17) is 15.2 Å². The quantitative estimate of drug-likeness (QED) is 0.745. The van der Waals surface area contributed by atoms with Crippen LogP contribution in [-0.4, -0.2) is 48.0 Å². The Morgan fingerprint density at radius 1 is 1.35 bits per heavy atom. The van der Waals surface area contributed by atoms with E-state index in [0.717, 1.165) is 35.9 Å². The smallest absolute Gasteiger partial charge is 0.222 e. The molecule has 3 rings (SSSR count). The molecule has 26 heavy (non-hydrogen) atoms. The van der Waals surface area contributed by atoms with Crippen LogP contribution in [0.5, 0.6) is 5.75 Å². The molecule has 0 unspecified atom stereocenters. The summed E-state index contributed by atoms with van der Waals surface area (Å²) in [5.74, 6) is 2.04. The summed E-state index contributed by atoms with van der Waals surface area (Å²) in [6.45, 7) is 5.06. The zero-order valence-corrected chi connectivity index (χ0v) is 15.1. The van der Waals surface area contributed by atoms with Gasteiger partial charge in [-0.15, -0.1) is 0 Å². The van der Waals surface area contributed by atoms with E-state index in [-0.39, 0.29) is 18.5 Å². The van der Waals surface area contributed by atoms with Gasteiger partial charge in [-0.2, -0.15) is 4.98 Å². The van der Waals surface area contributed by atoms with Crippen molar-refractivity contribution in [2.24, 2.45) is 0 Å².